The Bertz CT molecular complexity index is 1160. The Morgan fingerprint density at radius 1 is 0.949 bits per heavy atom. The Morgan fingerprint density at radius 2 is 1.62 bits per heavy atom. The van der Waals surface area contributed by atoms with Gasteiger partial charge in [0.1, 0.15) is 17.4 Å². The van der Waals surface area contributed by atoms with Gasteiger partial charge in [0.2, 0.25) is 0 Å². The van der Waals surface area contributed by atoms with Crippen LogP contribution in [0.1, 0.15) is 37.5 Å². The number of hydrogen-bond donors (Lipinski definition) is 3. The molecule has 0 radical (unpaired) electrons. The number of halogens is 6. The second-order valence-electron chi connectivity index (χ2n) is 8.32. The van der Waals surface area contributed by atoms with Crippen molar-refractivity contribution in [1.82, 2.24) is 10.0 Å². The standard InChI is InChI=1S/C26H26ClF5N2O2S.C2H6/c1-2-16-4-3-5-17(8-16)14-33-15-24(35)23(11-18-9-19(28)12-20(29)10-18)34-37-25-7-6-21(13-22(25)27)36-26(30,31)32;1-2/h3-10,12-13,23-24,33-35H,2,11,14-15H2,1H3;1-2H3/t23-,24+;/m0./s1. The number of aryl methyl sites for hydroxylation is 1. The van der Waals surface area contributed by atoms with Gasteiger partial charge in [-0.15, -0.1) is 13.2 Å². The maximum atomic E-state index is 13.7. The highest BCUT2D eigenvalue weighted by atomic mass is 35.5. The molecule has 0 aliphatic carbocycles. The Labute approximate surface area is 235 Å². The summed E-state index contributed by atoms with van der Waals surface area (Å²) in [6, 6.07) is 13.9. The van der Waals surface area contributed by atoms with Crippen LogP contribution in [0.5, 0.6) is 5.75 Å². The third-order valence-corrected chi connectivity index (χ3v) is 6.80. The molecular weight excluding hydrogens is 559 g/mol. The lowest BCUT2D eigenvalue weighted by Gasteiger charge is -2.25. The lowest BCUT2D eigenvalue weighted by molar-refractivity contribution is -0.274. The molecule has 11 heteroatoms. The molecule has 4 nitrogen and oxygen atoms in total. The van der Waals surface area contributed by atoms with E-state index in [1.54, 1.807) is 0 Å². The topological polar surface area (TPSA) is 53.5 Å². The van der Waals surface area contributed by atoms with Crippen LogP contribution in [0.2, 0.25) is 5.02 Å². The molecule has 0 fully saturated rings. The fraction of sp³-hybridized carbons (Fsp3) is 0.357. The van der Waals surface area contributed by atoms with E-state index >= 15 is 0 Å². The highest BCUT2D eigenvalue weighted by molar-refractivity contribution is 7.97. The lowest BCUT2D eigenvalue weighted by Crippen LogP contribution is -2.44. The largest absolute Gasteiger partial charge is 0.573 e. The Hall–Kier alpha value is -2.37. The quantitative estimate of drug-likeness (QED) is 0.151. The monoisotopic (exact) mass is 590 g/mol. The van der Waals surface area contributed by atoms with Crippen molar-refractivity contribution >= 4 is 23.5 Å². The number of nitrogens with one attached hydrogen (secondary N) is 2. The molecular formula is C28H32ClF5N2O2S. The molecule has 0 saturated heterocycles. The molecule has 0 bridgehead atoms. The van der Waals surface area contributed by atoms with Crippen LogP contribution in [-0.2, 0) is 19.4 Å². The average molecular weight is 591 g/mol. The normalized spacial score (nSPS) is 12.9. The fourth-order valence-electron chi connectivity index (χ4n) is 3.61. The second-order valence-corrected chi connectivity index (χ2v) is 9.61. The van der Waals surface area contributed by atoms with E-state index in [0.29, 0.717) is 17.0 Å². The molecule has 3 aromatic rings. The maximum absolute atomic E-state index is 13.7. The number of aliphatic hydroxyl groups excluding tert-OH is 1. The molecule has 3 aromatic carbocycles. The zero-order chi connectivity index (χ0) is 29.0. The van der Waals surface area contributed by atoms with Gasteiger partial charge in [0.25, 0.3) is 0 Å². The van der Waals surface area contributed by atoms with Crippen LogP contribution in [0.4, 0.5) is 22.0 Å². The first-order valence-electron chi connectivity index (χ1n) is 12.4. The molecule has 2 atom stereocenters. The maximum Gasteiger partial charge on any atom is 0.573 e. The summed E-state index contributed by atoms with van der Waals surface area (Å²) in [6.45, 7) is 6.73. The molecule has 0 unspecified atom stereocenters. The van der Waals surface area contributed by atoms with Gasteiger partial charge in [-0.1, -0.05) is 56.6 Å². The second kappa shape index (κ2) is 16.0. The van der Waals surface area contributed by atoms with Gasteiger partial charge in [0.15, 0.2) is 0 Å². The number of benzene rings is 3. The molecule has 0 heterocycles. The van der Waals surface area contributed by atoms with Gasteiger partial charge in [0.05, 0.1) is 11.1 Å². The van der Waals surface area contributed by atoms with Crippen LogP contribution >= 0.6 is 23.5 Å². The summed E-state index contributed by atoms with van der Waals surface area (Å²) in [6.07, 6.45) is -4.87. The third-order valence-electron chi connectivity index (χ3n) is 5.38. The molecule has 214 valence electrons. The molecule has 0 amide bonds. The number of hydrogen-bond acceptors (Lipinski definition) is 5. The summed E-state index contributed by atoms with van der Waals surface area (Å²) in [5.74, 6) is -1.95. The molecule has 3 N–H and O–H groups in total. The van der Waals surface area contributed by atoms with Gasteiger partial charge >= 0.3 is 6.36 Å². The van der Waals surface area contributed by atoms with Gasteiger partial charge in [0, 0.05) is 36.2 Å². The van der Waals surface area contributed by atoms with Crippen molar-refractivity contribution in [3.63, 3.8) is 0 Å². The van der Waals surface area contributed by atoms with Crippen LogP contribution in [0, 0.1) is 11.6 Å². The Morgan fingerprint density at radius 3 is 2.23 bits per heavy atom. The van der Waals surface area contributed by atoms with Crippen LogP contribution in [0.15, 0.2) is 65.6 Å². The summed E-state index contributed by atoms with van der Waals surface area (Å²) in [5.41, 5.74) is 2.56. The number of rotatable bonds is 12. The van der Waals surface area contributed by atoms with E-state index in [-0.39, 0.29) is 18.0 Å². The van der Waals surface area contributed by atoms with E-state index in [1.165, 1.54) is 23.8 Å². The summed E-state index contributed by atoms with van der Waals surface area (Å²) in [4.78, 5) is 0.378. The van der Waals surface area contributed by atoms with E-state index in [4.69, 9.17) is 11.6 Å². The van der Waals surface area contributed by atoms with E-state index in [9.17, 15) is 27.1 Å². The van der Waals surface area contributed by atoms with Crippen LogP contribution in [0.3, 0.4) is 0 Å². The molecule has 0 aliphatic rings. The fourth-order valence-corrected chi connectivity index (χ4v) is 4.70. The van der Waals surface area contributed by atoms with Crippen molar-refractivity contribution in [3.8, 4) is 5.75 Å². The average Bonchev–Trinajstić information content (AvgIpc) is 2.87. The first kappa shape index (κ1) is 32.8. The first-order chi connectivity index (χ1) is 18.5. The van der Waals surface area contributed by atoms with Crippen LogP contribution < -0.4 is 14.8 Å². The van der Waals surface area contributed by atoms with Crippen LogP contribution in [0.25, 0.3) is 0 Å². The number of aliphatic hydroxyl groups is 1. The van der Waals surface area contributed by atoms with E-state index in [0.717, 1.165) is 42.1 Å². The number of alkyl halides is 3. The number of ether oxygens (including phenoxy) is 1. The third kappa shape index (κ3) is 11.7. The van der Waals surface area contributed by atoms with Crippen molar-refractivity contribution < 1.29 is 31.8 Å². The minimum Gasteiger partial charge on any atom is -0.406 e. The molecule has 0 aliphatic heterocycles. The van der Waals surface area contributed by atoms with Gasteiger partial charge in [-0.3, -0.25) is 4.72 Å². The minimum absolute atomic E-state index is 0.00165. The zero-order valence-corrected chi connectivity index (χ0v) is 23.4. The minimum atomic E-state index is -4.85. The van der Waals surface area contributed by atoms with Crippen molar-refractivity contribution in [2.75, 3.05) is 6.54 Å². The van der Waals surface area contributed by atoms with Crippen LogP contribution in [-0.4, -0.2) is 30.2 Å². The molecule has 0 spiro atoms. The SMILES string of the molecule is CC.CCc1cccc(CNC[C@@H](O)[C@H](Cc2cc(F)cc(F)c2)NSc2ccc(OC(F)(F)F)cc2Cl)c1. The summed E-state index contributed by atoms with van der Waals surface area (Å²) in [5, 5.41) is 14.1. The molecule has 3 rings (SSSR count). The van der Waals surface area contributed by atoms with E-state index < -0.39 is 35.9 Å². The predicted octanol–water partition coefficient (Wildman–Crippen LogP) is 7.46. The predicted molar refractivity (Wildman–Crippen MR) is 146 cm³/mol. The van der Waals surface area contributed by atoms with Crippen molar-refractivity contribution in [3.05, 3.63) is 94.0 Å². The summed E-state index contributed by atoms with van der Waals surface area (Å²) in [7, 11) is 0. The molecule has 0 aromatic heterocycles. The van der Waals surface area contributed by atoms with Gasteiger partial charge in [-0.2, -0.15) is 0 Å². The van der Waals surface area contributed by atoms with Gasteiger partial charge < -0.3 is 15.2 Å². The zero-order valence-electron chi connectivity index (χ0n) is 21.8. The summed E-state index contributed by atoms with van der Waals surface area (Å²) < 4.78 is 71.8. The summed E-state index contributed by atoms with van der Waals surface area (Å²) >= 11 is 7.10. The molecule has 0 saturated carbocycles. The van der Waals surface area contributed by atoms with Crippen molar-refractivity contribution in [2.24, 2.45) is 0 Å². The van der Waals surface area contributed by atoms with E-state index in [1.807, 2.05) is 32.0 Å². The van der Waals surface area contributed by atoms with Gasteiger partial charge in [-0.25, -0.2) is 8.78 Å². The van der Waals surface area contributed by atoms with Gasteiger partial charge in [-0.05, 0) is 65.7 Å². The Balaban J connectivity index is 0.00000260. The van der Waals surface area contributed by atoms with Crippen molar-refractivity contribution in [2.45, 2.75) is 63.6 Å². The van der Waals surface area contributed by atoms with E-state index in [2.05, 4.69) is 27.8 Å². The van der Waals surface area contributed by atoms with Crippen molar-refractivity contribution in [1.29, 1.82) is 0 Å². The first-order valence-corrected chi connectivity index (χ1v) is 13.6. The smallest absolute Gasteiger partial charge is 0.406 e. The molecule has 39 heavy (non-hydrogen) atoms. The lowest BCUT2D eigenvalue weighted by atomic mass is 10.0. The highest BCUT2D eigenvalue weighted by Crippen LogP contribution is 2.32. The highest BCUT2D eigenvalue weighted by Gasteiger charge is 2.31. The Kier molecular flexibility index (Phi) is 13.5.